The monoisotopic (exact) mass is 326 g/mol. The number of aryl methyl sites for hydroxylation is 1. The van der Waals surface area contributed by atoms with Crippen LogP contribution in [0.1, 0.15) is 25.0 Å². The quantitative estimate of drug-likeness (QED) is 0.866. The van der Waals surface area contributed by atoms with E-state index in [1.807, 2.05) is 28.5 Å². The van der Waals surface area contributed by atoms with E-state index >= 15 is 0 Å². The third kappa shape index (κ3) is 3.93. The lowest BCUT2D eigenvalue weighted by atomic mass is 9.98. The molecule has 0 aliphatic carbocycles. The molecule has 0 radical (unpaired) electrons. The van der Waals surface area contributed by atoms with Crippen LogP contribution in [0.5, 0.6) is 0 Å². The molecule has 0 saturated carbocycles. The Morgan fingerprint density at radius 3 is 2.91 bits per heavy atom. The molecule has 5 nitrogen and oxygen atoms in total. The lowest BCUT2D eigenvalue weighted by Gasteiger charge is -2.29. The second-order valence-electron chi connectivity index (χ2n) is 5.64. The van der Waals surface area contributed by atoms with Crippen LogP contribution in [0.3, 0.4) is 0 Å². The average Bonchev–Trinajstić information content (AvgIpc) is 3.09. The van der Waals surface area contributed by atoms with E-state index in [2.05, 4.69) is 16.0 Å². The fourth-order valence-corrected chi connectivity index (χ4v) is 3.51. The summed E-state index contributed by atoms with van der Waals surface area (Å²) in [5, 5.41) is 11.8. The molecule has 6 heteroatoms. The SMILES string of the molecule is N#CC1CCN(C(=O)CCc2csc(-c3ccccn3)n2)CC1. The van der Waals surface area contributed by atoms with Crippen LogP contribution in [-0.2, 0) is 11.2 Å². The van der Waals surface area contributed by atoms with E-state index < -0.39 is 0 Å². The van der Waals surface area contributed by atoms with Crippen molar-refractivity contribution in [3.63, 3.8) is 0 Å². The number of pyridine rings is 1. The number of rotatable bonds is 4. The highest BCUT2D eigenvalue weighted by molar-refractivity contribution is 7.13. The van der Waals surface area contributed by atoms with Gasteiger partial charge in [0.25, 0.3) is 0 Å². The summed E-state index contributed by atoms with van der Waals surface area (Å²) < 4.78 is 0. The summed E-state index contributed by atoms with van der Waals surface area (Å²) >= 11 is 1.56. The van der Waals surface area contributed by atoms with E-state index in [-0.39, 0.29) is 11.8 Å². The van der Waals surface area contributed by atoms with Crippen molar-refractivity contribution in [2.24, 2.45) is 5.92 Å². The maximum absolute atomic E-state index is 12.2. The molecule has 0 unspecified atom stereocenters. The number of hydrogen-bond donors (Lipinski definition) is 0. The third-order valence-corrected chi connectivity index (χ3v) is 4.97. The molecule has 2 aromatic rings. The van der Waals surface area contributed by atoms with Gasteiger partial charge in [-0.15, -0.1) is 11.3 Å². The third-order valence-electron chi connectivity index (χ3n) is 4.06. The van der Waals surface area contributed by atoms with Crippen LogP contribution in [0.2, 0.25) is 0 Å². The predicted octanol–water partition coefficient (Wildman–Crippen LogP) is 2.90. The Balaban J connectivity index is 1.52. The topological polar surface area (TPSA) is 69.9 Å². The van der Waals surface area contributed by atoms with Crippen molar-refractivity contribution in [2.75, 3.05) is 13.1 Å². The van der Waals surface area contributed by atoms with Gasteiger partial charge in [-0.25, -0.2) is 4.98 Å². The minimum Gasteiger partial charge on any atom is -0.343 e. The minimum atomic E-state index is 0.110. The molecule has 1 saturated heterocycles. The zero-order valence-electron chi connectivity index (χ0n) is 12.8. The molecular formula is C17H18N4OS. The second kappa shape index (κ2) is 7.34. The maximum atomic E-state index is 12.2. The molecule has 0 aromatic carbocycles. The van der Waals surface area contributed by atoms with Crippen molar-refractivity contribution >= 4 is 17.2 Å². The maximum Gasteiger partial charge on any atom is 0.222 e. The van der Waals surface area contributed by atoms with Crippen molar-refractivity contribution in [2.45, 2.75) is 25.7 Å². The number of thiazole rings is 1. The molecule has 0 atom stereocenters. The average molecular weight is 326 g/mol. The first kappa shape index (κ1) is 15.6. The molecule has 1 aliphatic rings. The van der Waals surface area contributed by atoms with Gasteiger partial charge in [0.05, 0.1) is 17.5 Å². The van der Waals surface area contributed by atoms with E-state index in [9.17, 15) is 4.79 Å². The number of piperidine rings is 1. The largest absolute Gasteiger partial charge is 0.343 e. The first-order chi connectivity index (χ1) is 11.3. The van der Waals surface area contributed by atoms with Gasteiger partial charge < -0.3 is 4.90 Å². The van der Waals surface area contributed by atoms with Gasteiger partial charge >= 0.3 is 0 Å². The second-order valence-corrected chi connectivity index (χ2v) is 6.50. The summed E-state index contributed by atoms with van der Waals surface area (Å²) in [6.45, 7) is 1.40. The van der Waals surface area contributed by atoms with E-state index in [0.717, 1.165) is 29.2 Å². The molecule has 0 spiro atoms. The zero-order valence-corrected chi connectivity index (χ0v) is 13.6. The molecule has 0 N–H and O–H groups in total. The lowest BCUT2D eigenvalue weighted by molar-refractivity contribution is -0.132. The van der Waals surface area contributed by atoms with Gasteiger partial charge in [-0.2, -0.15) is 5.26 Å². The summed E-state index contributed by atoms with van der Waals surface area (Å²) in [5.74, 6) is 0.271. The number of aromatic nitrogens is 2. The molecule has 1 aliphatic heterocycles. The molecule has 2 aromatic heterocycles. The number of nitrogens with zero attached hydrogens (tertiary/aromatic N) is 4. The van der Waals surface area contributed by atoms with Gasteiger partial charge in [0.15, 0.2) is 0 Å². The summed E-state index contributed by atoms with van der Waals surface area (Å²) in [6.07, 6.45) is 4.47. The van der Waals surface area contributed by atoms with Crippen LogP contribution in [0.4, 0.5) is 0 Å². The van der Waals surface area contributed by atoms with Crippen LogP contribution >= 0.6 is 11.3 Å². The lowest BCUT2D eigenvalue weighted by Crippen LogP contribution is -2.38. The first-order valence-corrected chi connectivity index (χ1v) is 8.67. The van der Waals surface area contributed by atoms with Gasteiger partial charge in [-0.3, -0.25) is 9.78 Å². The number of amides is 1. The molecular weight excluding hydrogens is 308 g/mol. The van der Waals surface area contributed by atoms with Crippen LogP contribution < -0.4 is 0 Å². The van der Waals surface area contributed by atoms with Crippen molar-refractivity contribution in [1.29, 1.82) is 5.26 Å². The fourth-order valence-electron chi connectivity index (χ4n) is 2.68. The van der Waals surface area contributed by atoms with E-state index in [1.165, 1.54) is 0 Å². The van der Waals surface area contributed by atoms with Gasteiger partial charge in [0.2, 0.25) is 5.91 Å². The fraction of sp³-hybridized carbons (Fsp3) is 0.412. The Kier molecular flexibility index (Phi) is 4.99. The van der Waals surface area contributed by atoms with E-state index in [4.69, 9.17) is 5.26 Å². The number of hydrogen-bond acceptors (Lipinski definition) is 5. The van der Waals surface area contributed by atoms with Gasteiger partial charge in [-0.1, -0.05) is 6.07 Å². The van der Waals surface area contributed by atoms with Crippen LogP contribution in [0, 0.1) is 17.2 Å². The van der Waals surface area contributed by atoms with Crippen LogP contribution in [0.15, 0.2) is 29.8 Å². The van der Waals surface area contributed by atoms with Crippen molar-refractivity contribution in [3.05, 3.63) is 35.5 Å². The summed E-state index contributed by atoms with van der Waals surface area (Å²) in [6, 6.07) is 8.05. The molecule has 0 bridgehead atoms. The number of nitriles is 1. The van der Waals surface area contributed by atoms with Crippen LogP contribution in [0.25, 0.3) is 10.7 Å². The number of likely N-dealkylation sites (tertiary alicyclic amines) is 1. The highest BCUT2D eigenvalue weighted by Gasteiger charge is 2.22. The molecule has 3 heterocycles. The zero-order chi connectivity index (χ0) is 16.1. The van der Waals surface area contributed by atoms with Crippen molar-refractivity contribution in [3.8, 4) is 16.8 Å². The van der Waals surface area contributed by atoms with E-state index in [1.54, 1.807) is 17.5 Å². The molecule has 118 valence electrons. The number of carbonyl (C=O) groups excluding carboxylic acids is 1. The molecule has 1 fully saturated rings. The smallest absolute Gasteiger partial charge is 0.222 e. The molecule has 1 amide bonds. The highest BCUT2D eigenvalue weighted by Crippen LogP contribution is 2.22. The summed E-state index contributed by atoms with van der Waals surface area (Å²) in [4.78, 5) is 23.0. The van der Waals surface area contributed by atoms with Crippen molar-refractivity contribution in [1.82, 2.24) is 14.9 Å². The number of carbonyl (C=O) groups is 1. The van der Waals surface area contributed by atoms with E-state index in [0.29, 0.717) is 25.9 Å². The van der Waals surface area contributed by atoms with Gasteiger partial charge in [-0.05, 0) is 31.4 Å². The Hall–Kier alpha value is -2.26. The predicted molar refractivity (Wildman–Crippen MR) is 88.6 cm³/mol. The summed E-state index contributed by atoms with van der Waals surface area (Å²) in [5.41, 5.74) is 1.81. The summed E-state index contributed by atoms with van der Waals surface area (Å²) in [7, 11) is 0. The highest BCUT2D eigenvalue weighted by atomic mass is 32.1. The standard InChI is InChI=1S/C17H18N4OS/c18-11-13-6-9-21(10-7-13)16(22)5-4-14-12-23-17(20-14)15-3-1-2-8-19-15/h1-3,8,12-13H,4-7,9-10H2. The minimum absolute atomic E-state index is 0.110. The Morgan fingerprint density at radius 2 is 2.22 bits per heavy atom. The van der Waals surface area contributed by atoms with Gasteiger partial charge in [0, 0.05) is 37.0 Å². The molecule has 23 heavy (non-hydrogen) atoms. The first-order valence-electron chi connectivity index (χ1n) is 7.79. The Morgan fingerprint density at radius 1 is 1.39 bits per heavy atom. The van der Waals surface area contributed by atoms with Crippen molar-refractivity contribution < 1.29 is 4.79 Å². The van der Waals surface area contributed by atoms with Gasteiger partial charge in [0.1, 0.15) is 5.01 Å². The Labute approximate surface area is 139 Å². The normalized spacial score (nSPS) is 15.3. The Bertz CT molecular complexity index is 699. The van der Waals surface area contributed by atoms with Crippen LogP contribution in [-0.4, -0.2) is 33.9 Å². The molecule has 3 rings (SSSR count).